The summed E-state index contributed by atoms with van der Waals surface area (Å²) in [5, 5.41) is 2.85. The highest BCUT2D eigenvalue weighted by molar-refractivity contribution is 9.10. The molecule has 0 aromatic carbocycles. The highest BCUT2D eigenvalue weighted by atomic mass is 79.9. The van der Waals surface area contributed by atoms with Crippen LogP contribution in [-0.4, -0.2) is 42.2 Å². The number of anilines is 1. The third kappa shape index (κ3) is 4.59. The van der Waals surface area contributed by atoms with Crippen molar-refractivity contribution in [3.05, 3.63) is 22.6 Å². The second-order valence-electron chi connectivity index (χ2n) is 4.87. The molecule has 2 heterocycles. The van der Waals surface area contributed by atoms with Crippen LogP contribution in [0.15, 0.2) is 16.7 Å². The van der Waals surface area contributed by atoms with E-state index in [2.05, 4.69) is 26.2 Å². The molecule has 1 fully saturated rings. The van der Waals surface area contributed by atoms with Gasteiger partial charge in [-0.1, -0.05) is 0 Å². The molecule has 1 saturated heterocycles. The fraction of sp³-hybridized carbons (Fsp3) is 0.583. The Hall–Kier alpha value is -0.890. The topological polar surface area (TPSA) is 28.2 Å². The summed E-state index contributed by atoms with van der Waals surface area (Å²) in [6.07, 6.45) is -2.03. The van der Waals surface area contributed by atoms with Crippen molar-refractivity contribution in [3.8, 4) is 0 Å². The summed E-state index contributed by atoms with van der Waals surface area (Å²) >= 11 is 3.11. The van der Waals surface area contributed by atoms with Gasteiger partial charge >= 0.3 is 6.18 Å². The summed E-state index contributed by atoms with van der Waals surface area (Å²) in [6.45, 7) is 0.321. The first-order valence-electron chi connectivity index (χ1n) is 6.17. The minimum atomic E-state index is -4.16. The van der Waals surface area contributed by atoms with Gasteiger partial charge < -0.3 is 5.32 Å². The molecular weight excluding hydrogens is 342 g/mol. The van der Waals surface area contributed by atoms with E-state index in [-0.39, 0.29) is 11.7 Å². The molecule has 1 atom stereocenters. The van der Waals surface area contributed by atoms with E-state index in [0.29, 0.717) is 30.5 Å². The van der Waals surface area contributed by atoms with E-state index in [1.54, 1.807) is 0 Å². The smallest absolute Gasteiger partial charge is 0.367 e. The molecule has 1 aliphatic rings. The van der Waals surface area contributed by atoms with Gasteiger partial charge in [0, 0.05) is 23.8 Å². The highest BCUT2D eigenvalue weighted by Gasteiger charge is 2.34. The Kier molecular flexibility index (Phi) is 4.85. The Balaban J connectivity index is 1.81. The Morgan fingerprint density at radius 3 is 2.85 bits per heavy atom. The molecule has 1 aromatic heterocycles. The average molecular weight is 356 g/mol. The van der Waals surface area contributed by atoms with Gasteiger partial charge in [0.25, 0.3) is 0 Å². The average Bonchev–Trinajstić information content (AvgIpc) is 2.73. The van der Waals surface area contributed by atoms with Gasteiger partial charge in [0.2, 0.25) is 0 Å². The van der Waals surface area contributed by atoms with Gasteiger partial charge in [-0.3, -0.25) is 4.90 Å². The quantitative estimate of drug-likeness (QED) is 0.840. The lowest BCUT2D eigenvalue weighted by Gasteiger charge is -2.18. The molecule has 1 unspecified atom stereocenters. The van der Waals surface area contributed by atoms with E-state index in [0.717, 1.165) is 0 Å². The Morgan fingerprint density at radius 2 is 2.20 bits per heavy atom. The Morgan fingerprint density at radius 1 is 1.45 bits per heavy atom. The highest BCUT2D eigenvalue weighted by Crippen LogP contribution is 2.23. The van der Waals surface area contributed by atoms with Crippen molar-refractivity contribution in [1.29, 1.82) is 0 Å². The van der Waals surface area contributed by atoms with E-state index in [1.165, 1.54) is 17.2 Å². The van der Waals surface area contributed by atoms with E-state index in [9.17, 15) is 17.6 Å². The Bertz CT molecular complexity index is 467. The first-order chi connectivity index (χ1) is 9.33. The van der Waals surface area contributed by atoms with Crippen molar-refractivity contribution in [1.82, 2.24) is 9.88 Å². The van der Waals surface area contributed by atoms with Crippen LogP contribution in [0.5, 0.6) is 0 Å². The predicted octanol–water partition coefficient (Wildman–Crippen LogP) is 3.28. The van der Waals surface area contributed by atoms with Gasteiger partial charge in [-0.2, -0.15) is 13.2 Å². The molecule has 1 N–H and O–H groups in total. The summed E-state index contributed by atoms with van der Waals surface area (Å²) in [4.78, 5) is 5.26. The first-order valence-corrected chi connectivity index (χ1v) is 6.97. The number of likely N-dealkylation sites (tertiary alicyclic amines) is 1. The van der Waals surface area contributed by atoms with Crippen molar-refractivity contribution in [3.63, 3.8) is 0 Å². The van der Waals surface area contributed by atoms with Crippen molar-refractivity contribution >= 4 is 21.7 Å². The second-order valence-corrected chi connectivity index (χ2v) is 5.79. The number of nitrogens with zero attached hydrogens (tertiary/aromatic N) is 2. The molecule has 0 amide bonds. The third-order valence-corrected chi connectivity index (χ3v) is 3.57. The summed E-state index contributed by atoms with van der Waals surface area (Å²) in [5.41, 5.74) is 0. The number of pyridine rings is 1. The summed E-state index contributed by atoms with van der Waals surface area (Å²) in [7, 11) is 0. The third-order valence-electron chi connectivity index (χ3n) is 3.14. The zero-order chi connectivity index (χ0) is 14.8. The standard InChI is InChI=1S/C12H14BrF4N3/c13-9-3-10(14)11(19-5-9)18-4-8-1-2-20(6-8)7-12(15,16)17/h3,5,8H,1-2,4,6-7H2,(H,18,19). The van der Waals surface area contributed by atoms with E-state index < -0.39 is 18.5 Å². The molecule has 3 nitrogen and oxygen atoms in total. The molecule has 0 spiro atoms. The Labute approximate surface area is 122 Å². The number of rotatable bonds is 4. The number of aromatic nitrogens is 1. The van der Waals surface area contributed by atoms with Crippen LogP contribution >= 0.6 is 15.9 Å². The maximum atomic E-state index is 13.5. The monoisotopic (exact) mass is 355 g/mol. The van der Waals surface area contributed by atoms with Crippen molar-refractivity contribution in [2.24, 2.45) is 5.92 Å². The van der Waals surface area contributed by atoms with Gasteiger partial charge in [0.1, 0.15) is 0 Å². The van der Waals surface area contributed by atoms with Crippen LogP contribution in [0, 0.1) is 11.7 Å². The van der Waals surface area contributed by atoms with Crippen molar-refractivity contribution in [2.75, 3.05) is 31.5 Å². The normalized spacial score (nSPS) is 20.4. The van der Waals surface area contributed by atoms with Crippen LogP contribution < -0.4 is 5.32 Å². The van der Waals surface area contributed by atoms with E-state index in [4.69, 9.17) is 0 Å². The van der Waals surface area contributed by atoms with Crippen LogP contribution in [-0.2, 0) is 0 Å². The number of hydrogen-bond donors (Lipinski definition) is 1. The van der Waals surface area contributed by atoms with Crippen LogP contribution in [0.2, 0.25) is 0 Å². The minimum Gasteiger partial charge on any atom is -0.367 e. The molecule has 1 aliphatic heterocycles. The molecule has 0 radical (unpaired) electrons. The van der Waals surface area contributed by atoms with Crippen molar-refractivity contribution in [2.45, 2.75) is 12.6 Å². The first kappa shape index (κ1) is 15.5. The van der Waals surface area contributed by atoms with Gasteiger partial charge in [0.15, 0.2) is 11.6 Å². The lowest BCUT2D eigenvalue weighted by Crippen LogP contribution is -2.33. The largest absolute Gasteiger partial charge is 0.401 e. The minimum absolute atomic E-state index is 0.0715. The number of nitrogens with one attached hydrogen (secondary N) is 1. The summed E-state index contributed by atoms with van der Waals surface area (Å²) in [5.74, 6) is -0.283. The fourth-order valence-electron chi connectivity index (χ4n) is 2.26. The lowest BCUT2D eigenvalue weighted by atomic mass is 10.1. The molecule has 1 aromatic rings. The van der Waals surface area contributed by atoms with Gasteiger partial charge in [-0.25, -0.2) is 9.37 Å². The molecule has 0 bridgehead atoms. The molecule has 0 saturated carbocycles. The number of hydrogen-bond acceptors (Lipinski definition) is 3. The molecule has 20 heavy (non-hydrogen) atoms. The zero-order valence-corrected chi connectivity index (χ0v) is 12.1. The van der Waals surface area contributed by atoms with Crippen LogP contribution in [0.4, 0.5) is 23.4 Å². The van der Waals surface area contributed by atoms with Gasteiger partial charge in [-0.15, -0.1) is 0 Å². The fourth-order valence-corrected chi connectivity index (χ4v) is 2.57. The molecule has 0 aliphatic carbocycles. The maximum Gasteiger partial charge on any atom is 0.401 e. The maximum absolute atomic E-state index is 13.5. The van der Waals surface area contributed by atoms with Crippen LogP contribution in [0.1, 0.15) is 6.42 Å². The van der Waals surface area contributed by atoms with Gasteiger partial charge in [-0.05, 0) is 40.9 Å². The molecular formula is C12H14BrF4N3. The summed E-state index contributed by atoms with van der Waals surface area (Å²) in [6, 6.07) is 1.29. The van der Waals surface area contributed by atoms with E-state index in [1.807, 2.05) is 0 Å². The predicted molar refractivity (Wildman–Crippen MR) is 71.0 cm³/mol. The van der Waals surface area contributed by atoms with Crippen LogP contribution in [0.25, 0.3) is 0 Å². The SMILES string of the molecule is Fc1cc(Br)cnc1NCC1CCN(CC(F)(F)F)C1. The number of halogens is 5. The molecule has 2 rings (SSSR count). The lowest BCUT2D eigenvalue weighted by molar-refractivity contribution is -0.143. The molecule has 112 valence electrons. The van der Waals surface area contributed by atoms with E-state index >= 15 is 0 Å². The van der Waals surface area contributed by atoms with Crippen molar-refractivity contribution < 1.29 is 17.6 Å². The van der Waals surface area contributed by atoms with Gasteiger partial charge in [0.05, 0.1) is 6.54 Å². The second kappa shape index (κ2) is 6.26. The zero-order valence-electron chi connectivity index (χ0n) is 10.6. The van der Waals surface area contributed by atoms with Crippen LogP contribution in [0.3, 0.4) is 0 Å². The molecule has 8 heteroatoms. The number of alkyl halides is 3. The summed E-state index contributed by atoms with van der Waals surface area (Å²) < 4.78 is 50.8.